The summed E-state index contributed by atoms with van der Waals surface area (Å²) < 4.78 is 1.97. The van der Waals surface area contributed by atoms with Gasteiger partial charge in [-0.1, -0.05) is 25.1 Å². The normalized spacial score (nSPS) is 10.4. The zero-order chi connectivity index (χ0) is 10.1. The SMILES string of the molecule is CCc1c(C#N)n(C)c2ccccc12. The highest BCUT2D eigenvalue weighted by Crippen LogP contribution is 2.24. The van der Waals surface area contributed by atoms with Crippen LogP contribution in [-0.4, -0.2) is 4.57 Å². The largest absolute Gasteiger partial charge is 0.335 e. The summed E-state index contributed by atoms with van der Waals surface area (Å²) in [4.78, 5) is 0. The maximum Gasteiger partial charge on any atom is 0.124 e. The molecule has 0 fully saturated rings. The monoisotopic (exact) mass is 184 g/mol. The number of para-hydroxylation sites is 1. The molecule has 2 rings (SSSR count). The lowest BCUT2D eigenvalue weighted by atomic mass is 10.1. The van der Waals surface area contributed by atoms with Crippen molar-refractivity contribution in [3.8, 4) is 6.07 Å². The molecule has 14 heavy (non-hydrogen) atoms. The van der Waals surface area contributed by atoms with Crippen LogP contribution < -0.4 is 0 Å². The smallest absolute Gasteiger partial charge is 0.124 e. The summed E-state index contributed by atoms with van der Waals surface area (Å²) in [6, 6.07) is 10.4. The van der Waals surface area contributed by atoms with E-state index in [0.717, 1.165) is 23.2 Å². The highest BCUT2D eigenvalue weighted by Gasteiger charge is 2.11. The van der Waals surface area contributed by atoms with Gasteiger partial charge in [0.25, 0.3) is 0 Å². The highest BCUT2D eigenvalue weighted by molar-refractivity contribution is 5.86. The molecule has 2 nitrogen and oxygen atoms in total. The van der Waals surface area contributed by atoms with Gasteiger partial charge in [0.05, 0.1) is 0 Å². The molecule has 1 aromatic carbocycles. The van der Waals surface area contributed by atoms with Crippen molar-refractivity contribution in [3.63, 3.8) is 0 Å². The average Bonchev–Trinajstić information content (AvgIpc) is 2.51. The molecule has 2 heteroatoms. The third kappa shape index (κ3) is 1.03. The number of benzene rings is 1. The van der Waals surface area contributed by atoms with Crippen LogP contribution in [0, 0.1) is 11.3 Å². The van der Waals surface area contributed by atoms with E-state index in [1.165, 1.54) is 5.39 Å². The number of nitrogens with zero attached hydrogens (tertiary/aromatic N) is 2. The predicted molar refractivity (Wildman–Crippen MR) is 57.0 cm³/mol. The van der Waals surface area contributed by atoms with Gasteiger partial charge in [0.1, 0.15) is 11.8 Å². The van der Waals surface area contributed by atoms with Gasteiger partial charge in [-0.25, -0.2) is 0 Å². The molecule has 0 bridgehead atoms. The molecule has 0 spiro atoms. The number of fused-ring (bicyclic) bond motifs is 1. The van der Waals surface area contributed by atoms with Gasteiger partial charge < -0.3 is 4.57 Å². The van der Waals surface area contributed by atoms with Gasteiger partial charge >= 0.3 is 0 Å². The molecule has 0 N–H and O–H groups in total. The minimum Gasteiger partial charge on any atom is -0.335 e. The molecule has 0 aliphatic heterocycles. The second-order valence-electron chi connectivity index (χ2n) is 3.37. The minimum atomic E-state index is 0.786. The molecule has 70 valence electrons. The minimum absolute atomic E-state index is 0.786. The summed E-state index contributed by atoms with van der Waals surface area (Å²) in [6.45, 7) is 2.09. The van der Waals surface area contributed by atoms with Crippen LogP contribution in [0.15, 0.2) is 24.3 Å². The molecule has 0 saturated carbocycles. The molecule has 0 amide bonds. The first kappa shape index (κ1) is 8.83. The van der Waals surface area contributed by atoms with Crippen LogP contribution in [0.3, 0.4) is 0 Å². The third-order valence-corrected chi connectivity index (χ3v) is 2.67. The Morgan fingerprint density at radius 1 is 1.36 bits per heavy atom. The summed E-state index contributed by atoms with van der Waals surface area (Å²) in [5, 5.41) is 10.3. The Hall–Kier alpha value is -1.75. The first-order valence-corrected chi connectivity index (χ1v) is 4.76. The van der Waals surface area contributed by atoms with Crippen molar-refractivity contribution in [2.24, 2.45) is 7.05 Å². The number of aryl methyl sites for hydroxylation is 2. The first-order valence-electron chi connectivity index (χ1n) is 4.76. The van der Waals surface area contributed by atoms with Gasteiger partial charge in [-0.05, 0) is 18.1 Å². The van der Waals surface area contributed by atoms with Crippen molar-refractivity contribution in [1.82, 2.24) is 4.57 Å². The lowest BCUT2D eigenvalue weighted by Gasteiger charge is -1.95. The summed E-state index contributed by atoms with van der Waals surface area (Å²) >= 11 is 0. The van der Waals surface area contributed by atoms with E-state index in [-0.39, 0.29) is 0 Å². The van der Waals surface area contributed by atoms with Crippen molar-refractivity contribution >= 4 is 10.9 Å². The molecule has 0 radical (unpaired) electrons. The van der Waals surface area contributed by atoms with Crippen molar-refractivity contribution in [2.45, 2.75) is 13.3 Å². The van der Waals surface area contributed by atoms with E-state index in [4.69, 9.17) is 5.26 Å². The summed E-state index contributed by atoms with van der Waals surface area (Å²) in [5.41, 5.74) is 3.08. The van der Waals surface area contributed by atoms with Crippen LogP contribution in [0.4, 0.5) is 0 Å². The fourth-order valence-corrected chi connectivity index (χ4v) is 1.97. The molecule has 0 aliphatic rings. The van der Waals surface area contributed by atoms with Crippen molar-refractivity contribution in [3.05, 3.63) is 35.5 Å². The fraction of sp³-hybridized carbons (Fsp3) is 0.250. The second-order valence-corrected chi connectivity index (χ2v) is 3.37. The van der Waals surface area contributed by atoms with Crippen LogP contribution in [0.2, 0.25) is 0 Å². The van der Waals surface area contributed by atoms with Gasteiger partial charge in [0.15, 0.2) is 0 Å². The molecule has 0 saturated heterocycles. The van der Waals surface area contributed by atoms with Crippen LogP contribution >= 0.6 is 0 Å². The topological polar surface area (TPSA) is 28.7 Å². The van der Waals surface area contributed by atoms with Gasteiger partial charge in [-0.2, -0.15) is 5.26 Å². The number of aromatic nitrogens is 1. The lowest BCUT2D eigenvalue weighted by molar-refractivity contribution is 0.930. The van der Waals surface area contributed by atoms with Gasteiger partial charge in [-0.3, -0.25) is 0 Å². The fourth-order valence-electron chi connectivity index (χ4n) is 1.97. The summed E-state index contributed by atoms with van der Waals surface area (Å²) in [6.07, 6.45) is 0.907. The predicted octanol–water partition coefficient (Wildman–Crippen LogP) is 2.61. The highest BCUT2D eigenvalue weighted by atomic mass is 14.9. The second kappa shape index (κ2) is 3.19. The van der Waals surface area contributed by atoms with Crippen LogP contribution in [0.25, 0.3) is 10.9 Å². The van der Waals surface area contributed by atoms with Gasteiger partial charge in [-0.15, -0.1) is 0 Å². The molecule has 1 heterocycles. The standard InChI is InChI=1S/C12H12N2/c1-3-9-10-6-4-5-7-11(10)14(2)12(9)8-13/h4-7H,3H2,1-2H3. The van der Waals surface area contributed by atoms with Crippen LogP contribution in [-0.2, 0) is 13.5 Å². The maximum atomic E-state index is 9.06. The number of rotatable bonds is 1. The molecule has 0 unspecified atom stereocenters. The quantitative estimate of drug-likeness (QED) is 0.669. The molecular formula is C12H12N2. The lowest BCUT2D eigenvalue weighted by Crippen LogP contribution is -1.92. The summed E-state index contributed by atoms with van der Waals surface area (Å²) in [5.74, 6) is 0. The number of nitriles is 1. The van der Waals surface area contributed by atoms with Gasteiger partial charge in [0, 0.05) is 18.0 Å². The molecular weight excluding hydrogens is 172 g/mol. The van der Waals surface area contributed by atoms with E-state index >= 15 is 0 Å². The third-order valence-electron chi connectivity index (χ3n) is 2.67. The van der Waals surface area contributed by atoms with Crippen LogP contribution in [0.1, 0.15) is 18.2 Å². The van der Waals surface area contributed by atoms with E-state index in [9.17, 15) is 0 Å². The summed E-state index contributed by atoms with van der Waals surface area (Å²) in [7, 11) is 1.94. The van der Waals surface area contributed by atoms with E-state index in [2.05, 4.69) is 25.1 Å². The van der Waals surface area contributed by atoms with Crippen LogP contribution in [0.5, 0.6) is 0 Å². The number of hydrogen-bond acceptors (Lipinski definition) is 1. The average molecular weight is 184 g/mol. The number of hydrogen-bond donors (Lipinski definition) is 0. The maximum absolute atomic E-state index is 9.06. The Morgan fingerprint density at radius 2 is 2.07 bits per heavy atom. The van der Waals surface area contributed by atoms with Crippen molar-refractivity contribution in [2.75, 3.05) is 0 Å². The van der Waals surface area contributed by atoms with E-state index in [1.807, 2.05) is 23.7 Å². The van der Waals surface area contributed by atoms with Crippen molar-refractivity contribution in [1.29, 1.82) is 5.26 Å². The zero-order valence-corrected chi connectivity index (χ0v) is 8.41. The van der Waals surface area contributed by atoms with E-state index in [1.54, 1.807) is 0 Å². The zero-order valence-electron chi connectivity index (χ0n) is 8.41. The molecule has 0 aliphatic carbocycles. The Morgan fingerprint density at radius 3 is 2.71 bits per heavy atom. The Labute approximate surface area is 83.4 Å². The van der Waals surface area contributed by atoms with Crippen molar-refractivity contribution < 1.29 is 0 Å². The Kier molecular flexibility index (Phi) is 2.01. The van der Waals surface area contributed by atoms with E-state index in [0.29, 0.717) is 0 Å². The van der Waals surface area contributed by atoms with E-state index < -0.39 is 0 Å². The molecule has 1 aromatic heterocycles. The Bertz CT molecular complexity index is 515. The first-order chi connectivity index (χ1) is 6.79. The van der Waals surface area contributed by atoms with Gasteiger partial charge in [0.2, 0.25) is 0 Å². The molecule has 0 atom stereocenters. The molecule has 2 aromatic rings. The Balaban J connectivity index is 2.93.